The number of aromatic nitrogens is 1. The summed E-state index contributed by atoms with van der Waals surface area (Å²) in [5.74, 6) is 0.427. The SMILES string of the molecule is CC1CN(c2nc(Cl)c(CCl)s2)CCO1. The van der Waals surface area contributed by atoms with Gasteiger partial charge in [0.2, 0.25) is 0 Å². The van der Waals surface area contributed by atoms with Gasteiger partial charge in [-0.15, -0.1) is 11.6 Å². The van der Waals surface area contributed by atoms with Crippen molar-refractivity contribution in [2.45, 2.75) is 18.9 Å². The number of alkyl halides is 1. The molecule has 0 amide bonds. The first-order chi connectivity index (χ1) is 7.20. The Balaban J connectivity index is 2.14. The average Bonchev–Trinajstić information content (AvgIpc) is 2.60. The van der Waals surface area contributed by atoms with Crippen molar-refractivity contribution in [3.05, 3.63) is 10.0 Å². The minimum atomic E-state index is 0.251. The summed E-state index contributed by atoms with van der Waals surface area (Å²) in [6.07, 6.45) is 0.251. The summed E-state index contributed by atoms with van der Waals surface area (Å²) >= 11 is 13.3. The molecule has 2 heterocycles. The molecule has 0 saturated carbocycles. The summed E-state index contributed by atoms with van der Waals surface area (Å²) in [5, 5.41) is 1.48. The number of hydrogen-bond donors (Lipinski definition) is 0. The second-order valence-corrected chi connectivity index (χ2v) is 5.16. The van der Waals surface area contributed by atoms with Crippen LogP contribution >= 0.6 is 34.5 Å². The maximum atomic E-state index is 5.96. The van der Waals surface area contributed by atoms with Crippen LogP contribution in [0, 0.1) is 0 Å². The van der Waals surface area contributed by atoms with E-state index in [0.717, 1.165) is 29.7 Å². The van der Waals surface area contributed by atoms with Gasteiger partial charge in [-0.2, -0.15) is 0 Å². The van der Waals surface area contributed by atoms with E-state index < -0.39 is 0 Å². The van der Waals surface area contributed by atoms with Crippen molar-refractivity contribution in [3.8, 4) is 0 Å². The molecule has 3 nitrogen and oxygen atoms in total. The van der Waals surface area contributed by atoms with Crippen LogP contribution in [0.4, 0.5) is 5.13 Å². The molecule has 1 aliphatic heterocycles. The van der Waals surface area contributed by atoms with E-state index in [1.54, 1.807) is 11.3 Å². The molecule has 1 fully saturated rings. The lowest BCUT2D eigenvalue weighted by Gasteiger charge is -2.30. The van der Waals surface area contributed by atoms with Gasteiger partial charge in [-0.25, -0.2) is 4.98 Å². The smallest absolute Gasteiger partial charge is 0.187 e. The van der Waals surface area contributed by atoms with Gasteiger partial charge < -0.3 is 9.64 Å². The van der Waals surface area contributed by atoms with Crippen LogP contribution in [-0.4, -0.2) is 30.8 Å². The molecule has 1 atom stereocenters. The molecule has 15 heavy (non-hydrogen) atoms. The third-order valence-corrected chi connectivity index (χ3v) is 4.24. The summed E-state index contributed by atoms with van der Waals surface area (Å²) in [5.41, 5.74) is 0. The number of hydrogen-bond acceptors (Lipinski definition) is 4. The van der Waals surface area contributed by atoms with Gasteiger partial charge in [-0.05, 0) is 6.92 Å². The number of morpholine rings is 1. The van der Waals surface area contributed by atoms with Crippen molar-refractivity contribution >= 4 is 39.7 Å². The highest BCUT2D eigenvalue weighted by Crippen LogP contribution is 2.31. The van der Waals surface area contributed by atoms with Gasteiger partial charge >= 0.3 is 0 Å². The minimum absolute atomic E-state index is 0.251. The Hall–Kier alpha value is -0.0300. The van der Waals surface area contributed by atoms with E-state index in [0.29, 0.717) is 11.0 Å². The highest BCUT2D eigenvalue weighted by Gasteiger charge is 2.20. The standard InChI is InChI=1S/C9H12Cl2N2OS/c1-6-5-13(2-3-14-6)9-12-8(11)7(4-10)15-9/h6H,2-5H2,1H3. The quantitative estimate of drug-likeness (QED) is 0.770. The Morgan fingerprint density at radius 3 is 3.07 bits per heavy atom. The van der Waals surface area contributed by atoms with E-state index in [1.807, 2.05) is 0 Å². The van der Waals surface area contributed by atoms with Crippen LogP contribution in [0.3, 0.4) is 0 Å². The molecule has 0 radical (unpaired) electrons. The fourth-order valence-corrected chi connectivity index (χ4v) is 3.04. The van der Waals surface area contributed by atoms with Crippen LogP contribution < -0.4 is 4.90 Å². The fourth-order valence-electron chi connectivity index (χ4n) is 1.53. The van der Waals surface area contributed by atoms with E-state index in [2.05, 4.69) is 16.8 Å². The Morgan fingerprint density at radius 2 is 2.47 bits per heavy atom. The van der Waals surface area contributed by atoms with Gasteiger partial charge in [0.05, 0.1) is 23.5 Å². The molecule has 0 aliphatic carbocycles. The lowest BCUT2D eigenvalue weighted by atomic mass is 10.3. The van der Waals surface area contributed by atoms with Gasteiger partial charge in [0.15, 0.2) is 5.13 Å². The number of rotatable bonds is 2. The lowest BCUT2D eigenvalue weighted by Crippen LogP contribution is -2.41. The van der Waals surface area contributed by atoms with Crippen molar-refractivity contribution in [1.29, 1.82) is 0 Å². The first-order valence-corrected chi connectivity index (χ1v) is 6.51. The first-order valence-electron chi connectivity index (χ1n) is 4.78. The highest BCUT2D eigenvalue weighted by molar-refractivity contribution is 7.16. The number of ether oxygens (including phenoxy) is 1. The molecular formula is C9H12Cl2N2OS. The second kappa shape index (κ2) is 4.87. The van der Waals surface area contributed by atoms with Crippen molar-refractivity contribution in [3.63, 3.8) is 0 Å². The number of anilines is 1. The van der Waals surface area contributed by atoms with Gasteiger partial charge in [0, 0.05) is 13.1 Å². The van der Waals surface area contributed by atoms with Crippen molar-refractivity contribution in [2.75, 3.05) is 24.6 Å². The molecule has 0 N–H and O–H groups in total. The van der Waals surface area contributed by atoms with Crippen LogP contribution in [0.15, 0.2) is 0 Å². The van der Waals surface area contributed by atoms with Crippen LogP contribution in [0.5, 0.6) is 0 Å². The predicted octanol–water partition coefficient (Wildman–Crippen LogP) is 2.76. The zero-order valence-electron chi connectivity index (χ0n) is 8.37. The zero-order chi connectivity index (χ0) is 10.8. The van der Waals surface area contributed by atoms with Crippen LogP contribution in [-0.2, 0) is 10.6 Å². The molecular weight excluding hydrogens is 255 g/mol. The number of thiazole rings is 1. The van der Waals surface area contributed by atoms with E-state index in [9.17, 15) is 0 Å². The Bertz CT molecular complexity index is 345. The molecule has 1 saturated heterocycles. The maximum Gasteiger partial charge on any atom is 0.187 e. The van der Waals surface area contributed by atoms with E-state index in [4.69, 9.17) is 27.9 Å². The van der Waals surface area contributed by atoms with Crippen LogP contribution in [0.25, 0.3) is 0 Å². The number of nitrogens with zero attached hydrogens (tertiary/aromatic N) is 2. The fraction of sp³-hybridized carbons (Fsp3) is 0.667. The summed E-state index contributed by atoms with van der Waals surface area (Å²) in [6, 6.07) is 0. The highest BCUT2D eigenvalue weighted by atomic mass is 35.5. The molecule has 6 heteroatoms. The molecule has 1 aliphatic rings. The molecule has 0 spiro atoms. The largest absolute Gasteiger partial charge is 0.375 e. The topological polar surface area (TPSA) is 25.4 Å². The molecule has 2 rings (SSSR count). The zero-order valence-corrected chi connectivity index (χ0v) is 10.7. The molecule has 1 aromatic heterocycles. The molecule has 0 bridgehead atoms. The number of halogens is 2. The Morgan fingerprint density at radius 1 is 1.67 bits per heavy atom. The molecule has 1 aromatic rings. The summed E-state index contributed by atoms with van der Waals surface area (Å²) in [7, 11) is 0. The minimum Gasteiger partial charge on any atom is -0.375 e. The second-order valence-electron chi connectivity index (χ2n) is 3.47. The predicted molar refractivity (Wildman–Crippen MR) is 64.3 cm³/mol. The van der Waals surface area contributed by atoms with Crippen LogP contribution in [0.1, 0.15) is 11.8 Å². The van der Waals surface area contributed by atoms with E-state index in [1.165, 1.54) is 0 Å². The van der Waals surface area contributed by atoms with Crippen molar-refractivity contribution in [2.24, 2.45) is 0 Å². The molecule has 1 unspecified atom stereocenters. The van der Waals surface area contributed by atoms with Gasteiger partial charge in [-0.3, -0.25) is 0 Å². The lowest BCUT2D eigenvalue weighted by molar-refractivity contribution is 0.0532. The summed E-state index contributed by atoms with van der Waals surface area (Å²) in [4.78, 5) is 7.44. The molecule has 84 valence electrons. The monoisotopic (exact) mass is 266 g/mol. The average molecular weight is 267 g/mol. The van der Waals surface area contributed by atoms with Gasteiger partial charge in [0.25, 0.3) is 0 Å². The third kappa shape index (κ3) is 2.56. The molecule has 0 aromatic carbocycles. The Kier molecular flexibility index (Phi) is 3.72. The van der Waals surface area contributed by atoms with E-state index >= 15 is 0 Å². The first kappa shape index (κ1) is 11.5. The summed E-state index contributed by atoms with van der Waals surface area (Å²) < 4.78 is 5.47. The van der Waals surface area contributed by atoms with Crippen molar-refractivity contribution < 1.29 is 4.74 Å². The Labute approximate surface area is 103 Å². The third-order valence-electron chi connectivity index (χ3n) is 2.27. The van der Waals surface area contributed by atoms with Crippen LogP contribution in [0.2, 0.25) is 5.15 Å². The van der Waals surface area contributed by atoms with Crippen molar-refractivity contribution in [1.82, 2.24) is 4.98 Å². The summed E-state index contributed by atoms with van der Waals surface area (Å²) in [6.45, 7) is 4.54. The normalized spacial score (nSPS) is 22.1. The van der Waals surface area contributed by atoms with E-state index in [-0.39, 0.29) is 6.10 Å². The van der Waals surface area contributed by atoms with Gasteiger partial charge in [-0.1, -0.05) is 22.9 Å². The maximum absolute atomic E-state index is 5.96. The van der Waals surface area contributed by atoms with Gasteiger partial charge in [0.1, 0.15) is 5.15 Å².